The first kappa shape index (κ1) is 19.6. The van der Waals surface area contributed by atoms with E-state index in [9.17, 15) is 9.59 Å². The molecule has 0 heterocycles. The van der Waals surface area contributed by atoms with Gasteiger partial charge in [0, 0.05) is 0 Å². The molecule has 0 aliphatic heterocycles. The molecule has 1 aromatic carbocycles. The Bertz CT molecular complexity index is 575. The fourth-order valence-electron chi connectivity index (χ4n) is 1.29. The number of rotatable bonds is 8. The molecule has 1 aromatic rings. The third kappa shape index (κ3) is 5.64. The summed E-state index contributed by atoms with van der Waals surface area (Å²) in [5.41, 5.74) is -1.74. The van der Waals surface area contributed by atoms with E-state index in [-0.39, 0.29) is 11.1 Å². The average Bonchev–Trinajstić information content (AvgIpc) is 2.57. The van der Waals surface area contributed by atoms with E-state index >= 15 is 0 Å². The van der Waals surface area contributed by atoms with E-state index in [4.69, 9.17) is 19.6 Å². The van der Waals surface area contributed by atoms with Gasteiger partial charge in [0.25, 0.3) is 0 Å². The molecule has 0 spiro atoms. The van der Waals surface area contributed by atoms with Crippen molar-refractivity contribution in [3.05, 3.63) is 60.7 Å². The lowest BCUT2D eigenvalue weighted by atomic mass is 10.1. The summed E-state index contributed by atoms with van der Waals surface area (Å²) < 4.78 is 0. The Morgan fingerprint density at radius 2 is 1.17 bits per heavy atom. The summed E-state index contributed by atoms with van der Waals surface area (Å²) in [7, 11) is 0. The third-order valence-corrected chi connectivity index (χ3v) is 3.01. The number of hydrogen-bond donors (Lipinski definition) is 0. The summed E-state index contributed by atoms with van der Waals surface area (Å²) in [6.07, 6.45) is 2.96. The van der Waals surface area contributed by atoms with E-state index in [2.05, 4.69) is 13.2 Å². The number of carbonyl (C=O) groups is 2. The van der Waals surface area contributed by atoms with Crippen LogP contribution in [-0.2, 0) is 19.6 Å². The molecule has 6 nitrogen and oxygen atoms in total. The Hall–Kier alpha value is -2.44. The topological polar surface area (TPSA) is 71.1 Å². The van der Waals surface area contributed by atoms with E-state index < -0.39 is 23.1 Å². The van der Waals surface area contributed by atoms with Gasteiger partial charge in [-0.25, -0.2) is 9.59 Å². The van der Waals surface area contributed by atoms with Crippen LogP contribution in [0.4, 0.5) is 0 Å². The van der Waals surface area contributed by atoms with E-state index in [0.717, 1.165) is 0 Å². The minimum atomic E-state index is -0.859. The monoisotopic (exact) mass is 334 g/mol. The van der Waals surface area contributed by atoms with Crippen molar-refractivity contribution in [3.63, 3.8) is 0 Å². The minimum Gasteiger partial charge on any atom is -0.292 e. The van der Waals surface area contributed by atoms with E-state index in [1.165, 1.54) is 24.3 Å². The quantitative estimate of drug-likeness (QED) is 0.409. The molecule has 0 radical (unpaired) electrons. The van der Waals surface area contributed by atoms with Gasteiger partial charge in [0.1, 0.15) is 11.2 Å². The second-order valence-electron chi connectivity index (χ2n) is 6.07. The standard InChI is InChI=1S/C18H22O6/c1-7-17(3,4)23-21-15(19)13-11-9-10-12-14(13)16(20)22-24-18(5,6)8-2/h7-12H,1-2H2,3-6H3. The molecule has 0 saturated carbocycles. The molecule has 24 heavy (non-hydrogen) atoms. The van der Waals surface area contributed by atoms with Crippen LogP contribution >= 0.6 is 0 Å². The lowest BCUT2D eigenvalue weighted by molar-refractivity contribution is -0.293. The van der Waals surface area contributed by atoms with Crippen molar-refractivity contribution in [2.45, 2.75) is 38.9 Å². The normalized spacial score (nSPS) is 11.5. The van der Waals surface area contributed by atoms with Gasteiger partial charge < -0.3 is 0 Å². The van der Waals surface area contributed by atoms with Crippen LogP contribution in [0.25, 0.3) is 0 Å². The molecule has 0 atom stereocenters. The largest absolute Gasteiger partial charge is 0.374 e. The summed E-state index contributed by atoms with van der Waals surface area (Å²) in [6, 6.07) is 6.00. The number of benzene rings is 1. The molecule has 1 rings (SSSR count). The second kappa shape index (κ2) is 7.90. The highest BCUT2D eigenvalue weighted by Gasteiger charge is 2.25. The Morgan fingerprint density at radius 1 is 0.833 bits per heavy atom. The van der Waals surface area contributed by atoms with Gasteiger partial charge in [-0.1, -0.05) is 24.3 Å². The van der Waals surface area contributed by atoms with Crippen molar-refractivity contribution in [2.75, 3.05) is 0 Å². The molecule has 0 fully saturated rings. The van der Waals surface area contributed by atoms with Crippen molar-refractivity contribution in [1.29, 1.82) is 0 Å². The number of carbonyl (C=O) groups excluding carboxylic acids is 2. The van der Waals surface area contributed by atoms with E-state index in [0.29, 0.717) is 0 Å². The van der Waals surface area contributed by atoms with Crippen LogP contribution in [0.1, 0.15) is 48.4 Å². The van der Waals surface area contributed by atoms with Gasteiger partial charge in [-0.15, -0.1) is 13.2 Å². The smallest absolute Gasteiger partial charge is 0.292 e. The van der Waals surface area contributed by atoms with Crippen LogP contribution in [0.3, 0.4) is 0 Å². The van der Waals surface area contributed by atoms with Crippen molar-refractivity contribution < 1.29 is 29.1 Å². The minimum absolute atomic E-state index is 0.0117. The van der Waals surface area contributed by atoms with Crippen LogP contribution in [0.2, 0.25) is 0 Å². The predicted molar refractivity (Wildman–Crippen MR) is 88.0 cm³/mol. The highest BCUT2D eigenvalue weighted by molar-refractivity contribution is 6.02. The fraction of sp³-hybridized carbons (Fsp3) is 0.333. The molecule has 0 amide bonds. The third-order valence-electron chi connectivity index (χ3n) is 3.01. The van der Waals surface area contributed by atoms with Gasteiger partial charge in [-0.2, -0.15) is 9.78 Å². The van der Waals surface area contributed by atoms with Crippen molar-refractivity contribution >= 4 is 11.9 Å². The first-order chi connectivity index (χ1) is 11.1. The summed E-state index contributed by atoms with van der Waals surface area (Å²) in [4.78, 5) is 43.8. The fourth-order valence-corrected chi connectivity index (χ4v) is 1.29. The van der Waals surface area contributed by atoms with Gasteiger partial charge in [0.2, 0.25) is 0 Å². The average molecular weight is 334 g/mol. The maximum Gasteiger partial charge on any atom is 0.374 e. The number of hydrogen-bond acceptors (Lipinski definition) is 6. The molecule has 0 unspecified atom stereocenters. The van der Waals surface area contributed by atoms with Gasteiger partial charge in [-0.3, -0.25) is 9.78 Å². The Morgan fingerprint density at radius 3 is 1.46 bits per heavy atom. The highest BCUT2D eigenvalue weighted by Crippen LogP contribution is 2.17. The zero-order valence-corrected chi connectivity index (χ0v) is 14.3. The van der Waals surface area contributed by atoms with Crippen LogP contribution < -0.4 is 0 Å². The molecule has 6 heteroatoms. The summed E-state index contributed by atoms with van der Waals surface area (Å²) in [5.74, 6) is -1.67. The zero-order valence-electron chi connectivity index (χ0n) is 14.3. The molecule has 0 aliphatic carbocycles. The predicted octanol–water partition coefficient (Wildman–Crippen LogP) is 3.79. The molecular formula is C18H22O6. The van der Waals surface area contributed by atoms with Crippen molar-refractivity contribution in [3.8, 4) is 0 Å². The van der Waals surface area contributed by atoms with Crippen molar-refractivity contribution in [1.82, 2.24) is 0 Å². The highest BCUT2D eigenvalue weighted by atomic mass is 17.2. The van der Waals surface area contributed by atoms with Gasteiger partial charge in [0.15, 0.2) is 0 Å². The first-order valence-electron chi connectivity index (χ1n) is 7.28. The second-order valence-corrected chi connectivity index (χ2v) is 6.07. The van der Waals surface area contributed by atoms with Gasteiger partial charge >= 0.3 is 11.9 Å². The Labute approximate surface area is 141 Å². The van der Waals surface area contributed by atoms with Crippen molar-refractivity contribution in [2.24, 2.45) is 0 Å². The maximum atomic E-state index is 12.1. The summed E-state index contributed by atoms with van der Waals surface area (Å²) >= 11 is 0. The van der Waals surface area contributed by atoms with E-state index in [1.807, 2.05) is 0 Å². The molecule has 0 saturated heterocycles. The SMILES string of the molecule is C=CC(C)(C)OOC(=O)c1ccccc1C(=O)OOC(C)(C)C=C. The molecule has 0 aromatic heterocycles. The molecule has 0 N–H and O–H groups in total. The van der Waals surface area contributed by atoms with E-state index in [1.54, 1.807) is 39.8 Å². The zero-order chi connectivity index (χ0) is 18.4. The molecule has 130 valence electrons. The van der Waals surface area contributed by atoms with Crippen LogP contribution in [-0.4, -0.2) is 23.1 Å². The molecule has 0 aliphatic rings. The van der Waals surface area contributed by atoms with Crippen LogP contribution in [0.15, 0.2) is 49.6 Å². The summed E-state index contributed by atoms with van der Waals surface area (Å²) in [6.45, 7) is 13.8. The first-order valence-corrected chi connectivity index (χ1v) is 7.28. The Balaban J connectivity index is 2.87. The van der Waals surface area contributed by atoms with Crippen LogP contribution in [0, 0.1) is 0 Å². The van der Waals surface area contributed by atoms with Gasteiger partial charge in [0.05, 0.1) is 11.1 Å². The Kier molecular flexibility index (Phi) is 6.45. The van der Waals surface area contributed by atoms with Crippen LogP contribution in [0.5, 0.6) is 0 Å². The molecule has 0 bridgehead atoms. The van der Waals surface area contributed by atoms with Gasteiger partial charge in [-0.05, 0) is 39.8 Å². The lowest BCUT2D eigenvalue weighted by Crippen LogP contribution is -2.25. The maximum absolute atomic E-state index is 12.1. The molecular weight excluding hydrogens is 312 g/mol. The summed E-state index contributed by atoms with van der Waals surface area (Å²) in [5, 5.41) is 0. The lowest BCUT2D eigenvalue weighted by Gasteiger charge is -2.19.